The Balaban J connectivity index is 2.00. The van der Waals surface area contributed by atoms with E-state index in [0.29, 0.717) is 27.6 Å². The van der Waals surface area contributed by atoms with Crippen molar-refractivity contribution in [2.45, 2.75) is 13.8 Å². The summed E-state index contributed by atoms with van der Waals surface area (Å²) in [5.41, 5.74) is 4.41. The summed E-state index contributed by atoms with van der Waals surface area (Å²) < 4.78 is 15.5. The van der Waals surface area contributed by atoms with E-state index in [0.717, 1.165) is 5.56 Å². The Kier molecular flexibility index (Phi) is 7.83. The van der Waals surface area contributed by atoms with Gasteiger partial charge in [0.25, 0.3) is 5.91 Å². The van der Waals surface area contributed by atoms with E-state index >= 15 is 0 Å². The normalized spacial score (nSPS) is 10.6. The number of carbonyl (C=O) groups is 2. The quantitative estimate of drug-likeness (QED) is 0.414. The van der Waals surface area contributed by atoms with Gasteiger partial charge in [-0.15, -0.1) is 0 Å². The zero-order valence-electron chi connectivity index (χ0n) is 15.8. The lowest BCUT2D eigenvalue weighted by Gasteiger charge is -2.10. The molecule has 0 bridgehead atoms. The topological polar surface area (TPSA) is 86.2 Å². The van der Waals surface area contributed by atoms with Gasteiger partial charge in [-0.05, 0) is 55.3 Å². The van der Waals surface area contributed by atoms with Crippen molar-refractivity contribution in [3.63, 3.8) is 0 Å². The fraction of sp³-hybridized carbons (Fsp3) is 0.250. The highest BCUT2D eigenvalue weighted by Crippen LogP contribution is 2.27. The summed E-state index contributed by atoms with van der Waals surface area (Å²) in [5.74, 6) is -0.0236. The van der Waals surface area contributed by atoms with E-state index in [2.05, 4.69) is 10.5 Å². The van der Waals surface area contributed by atoms with E-state index < -0.39 is 5.97 Å². The second-order valence-corrected chi connectivity index (χ2v) is 6.07. The molecule has 0 aromatic heterocycles. The number of hydrogen-bond donors (Lipinski definition) is 1. The van der Waals surface area contributed by atoms with Gasteiger partial charge >= 0.3 is 5.97 Å². The van der Waals surface area contributed by atoms with Crippen LogP contribution in [0.3, 0.4) is 0 Å². The number of nitrogens with zero attached hydrogens (tertiary/aromatic N) is 1. The standard InChI is InChI=1S/C20H21ClN2O5/c1-4-27-19(24)12-28-17-8-6-14(9-18(17)26-3)11-22-23-20(25)15-7-5-13(2)16(21)10-15/h5-11H,4,12H2,1-3H3,(H,23,25)/b22-11-. The Morgan fingerprint density at radius 1 is 1.18 bits per heavy atom. The van der Waals surface area contributed by atoms with Gasteiger partial charge in [0.2, 0.25) is 0 Å². The van der Waals surface area contributed by atoms with Gasteiger partial charge in [-0.2, -0.15) is 5.10 Å². The van der Waals surface area contributed by atoms with Crippen LogP contribution in [0, 0.1) is 6.92 Å². The first-order valence-corrected chi connectivity index (χ1v) is 8.88. The summed E-state index contributed by atoms with van der Waals surface area (Å²) >= 11 is 6.03. The van der Waals surface area contributed by atoms with Gasteiger partial charge < -0.3 is 14.2 Å². The summed E-state index contributed by atoms with van der Waals surface area (Å²) in [4.78, 5) is 23.5. The van der Waals surface area contributed by atoms with E-state index in [9.17, 15) is 9.59 Å². The van der Waals surface area contributed by atoms with E-state index in [1.165, 1.54) is 13.3 Å². The van der Waals surface area contributed by atoms with Gasteiger partial charge in [0.05, 0.1) is 19.9 Å². The summed E-state index contributed by atoms with van der Waals surface area (Å²) in [6.07, 6.45) is 1.46. The highest BCUT2D eigenvalue weighted by Gasteiger charge is 2.09. The molecule has 2 aromatic rings. The fourth-order valence-electron chi connectivity index (χ4n) is 2.19. The second-order valence-electron chi connectivity index (χ2n) is 5.67. The van der Waals surface area contributed by atoms with Crippen LogP contribution >= 0.6 is 11.6 Å². The average Bonchev–Trinajstić information content (AvgIpc) is 2.69. The molecule has 0 spiro atoms. The third-order valence-corrected chi connectivity index (χ3v) is 4.06. The maximum Gasteiger partial charge on any atom is 0.344 e. The number of carbonyl (C=O) groups excluding carboxylic acids is 2. The van der Waals surface area contributed by atoms with E-state index in [1.807, 2.05) is 6.92 Å². The first kappa shape index (κ1) is 21.2. The maximum atomic E-state index is 12.1. The molecule has 0 fully saturated rings. The Labute approximate surface area is 168 Å². The molecule has 0 atom stereocenters. The van der Waals surface area contributed by atoms with E-state index in [-0.39, 0.29) is 19.1 Å². The molecule has 0 heterocycles. The number of aryl methyl sites for hydroxylation is 1. The Hall–Kier alpha value is -3.06. The molecule has 1 amide bonds. The van der Waals surface area contributed by atoms with Crippen molar-refractivity contribution >= 4 is 29.7 Å². The molecule has 0 radical (unpaired) electrons. The predicted octanol–water partition coefficient (Wildman–Crippen LogP) is 3.36. The molecule has 28 heavy (non-hydrogen) atoms. The monoisotopic (exact) mass is 404 g/mol. The number of methoxy groups -OCH3 is 1. The minimum Gasteiger partial charge on any atom is -0.493 e. The molecular weight excluding hydrogens is 384 g/mol. The van der Waals surface area contributed by atoms with Gasteiger partial charge in [0.15, 0.2) is 18.1 Å². The van der Waals surface area contributed by atoms with Crippen LogP contribution in [-0.2, 0) is 9.53 Å². The summed E-state index contributed by atoms with van der Waals surface area (Å²) in [6, 6.07) is 10.0. The molecule has 2 aromatic carbocycles. The SMILES string of the molecule is CCOC(=O)COc1ccc(/C=N\NC(=O)c2ccc(C)c(Cl)c2)cc1OC. The zero-order chi connectivity index (χ0) is 20.5. The zero-order valence-corrected chi connectivity index (χ0v) is 16.6. The van der Waals surface area contributed by atoms with Gasteiger partial charge in [-0.3, -0.25) is 4.79 Å². The fourth-order valence-corrected chi connectivity index (χ4v) is 2.37. The van der Waals surface area contributed by atoms with E-state index in [4.69, 9.17) is 25.8 Å². The average molecular weight is 405 g/mol. The van der Waals surface area contributed by atoms with Crippen LogP contribution in [-0.4, -0.2) is 38.4 Å². The highest BCUT2D eigenvalue weighted by atomic mass is 35.5. The van der Waals surface area contributed by atoms with Crippen molar-refractivity contribution in [3.8, 4) is 11.5 Å². The first-order valence-electron chi connectivity index (χ1n) is 8.50. The number of benzene rings is 2. The minimum absolute atomic E-state index is 0.215. The highest BCUT2D eigenvalue weighted by molar-refractivity contribution is 6.31. The van der Waals surface area contributed by atoms with Crippen LogP contribution in [0.1, 0.15) is 28.4 Å². The molecule has 0 unspecified atom stereocenters. The molecular formula is C20H21ClN2O5. The largest absolute Gasteiger partial charge is 0.493 e. The van der Waals surface area contributed by atoms with Crippen molar-refractivity contribution in [3.05, 3.63) is 58.1 Å². The lowest BCUT2D eigenvalue weighted by molar-refractivity contribution is -0.145. The van der Waals surface area contributed by atoms with Gasteiger partial charge in [0.1, 0.15) is 0 Å². The van der Waals surface area contributed by atoms with Crippen molar-refractivity contribution in [1.29, 1.82) is 0 Å². The van der Waals surface area contributed by atoms with Crippen molar-refractivity contribution in [1.82, 2.24) is 5.43 Å². The Morgan fingerprint density at radius 2 is 1.96 bits per heavy atom. The molecule has 1 N–H and O–H groups in total. The lowest BCUT2D eigenvalue weighted by atomic mass is 10.1. The number of nitrogens with one attached hydrogen (secondary N) is 1. The predicted molar refractivity (Wildman–Crippen MR) is 106 cm³/mol. The van der Waals surface area contributed by atoms with Crippen LogP contribution in [0.15, 0.2) is 41.5 Å². The van der Waals surface area contributed by atoms with Gasteiger partial charge in [-0.1, -0.05) is 17.7 Å². The minimum atomic E-state index is -0.464. The van der Waals surface area contributed by atoms with Crippen molar-refractivity contribution in [2.24, 2.45) is 5.10 Å². The smallest absolute Gasteiger partial charge is 0.344 e. The Morgan fingerprint density at radius 3 is 2.64 bits per heavy atom. The lowest BCUT2D eigenvalue weighted by Crippen LogP contribution is -2.17. The Bertz CT molecular complexity index is 883. The van der Waals surface area contributed by atoms with Crippen LogP contribution < -0.4 is 14.9 Å². The van der Waals surface area contributed by atoms with Crippen LogP contribution in [0.25, 0.3) is 0 Å². The molecule has 0 aliphatic carbocycles. The van der Waals surface area contributed by atoms with Crippen molar-refractivity contribution < 1.29 is 23.8 Å². The number of hydrogen-bond acceptors (Lipinski definition) is 6. The molecule has 0 saturated heterocycles. The summed E-state index contributed by atoms with van der Waals surface area (Å²) in [7, 11) is 1.48. The number of amides is 1. The molecule has 0 aliphatic rings. The van der Waals surface area contributed by atoms with Gasteiger partial charge in [-0.25, -0.2) is 10.2 Å². The molecule has 7 nitrogen and oxygen atoms in total. The third kappa shape index (κ3) is 5.99. The van der Waals surface area contributed by atoms with Crippen LogP contribution in [0.2, 0.25) is 5.02 Å². The molecule has 8 heteroatoms. The molecule has 148 valence electrons. The van der Waals surface area contributed by atoms with Gasteiger partial charge in [0, 0.05) is 10.6 Å². The molecule has 0 aliphatic heterocycles. The number of hydrazone groups is 1. The molecule has 0 saturated carbocycles. The molecule has 2 rings (SSSR count). The third-order valence-electron chi connectivity index (χ3n) is 3.65. The van der Waals surface area contributed by atoms with E-state index in [1.54, 1.807) is 43.3 Å². The summed E-state index contributed by atoms with van der Waals surface area (Å²) in [6.45, 7) is 3.65. The van der Waals surface area contributed by atoms with Crippen LogP contribution in [0.4, 0.5) is 0 Å². The number of halogens is 1. The van der Waals surface area contributed by atoms with Crippen molar-refractivity contribution in [2.75, 3.05) is 20.3 Å². The van der Waals surface area contributed by atoms with Crippen LogP contribution in [0.5, 0.6) is 11.5 Å². The number of ether oxygens (including phenoxy) is 3. The second kappa shape index (κ2) is 10.3. The summed E-state index contributed by atoms with van der Waals surface area (Å²) in [5, 5.41) is 4.45. The number of esters is 1. The number of rotatable bonds is 8. The first-order chi connectivity index (χ1) is 13.4. The maximum absolute atomic E-state index is 12.1.